The first-order valence-electron chi connectivity index (χ1n) is 7.24. The SMILES string of the molecule is Clc1cccc2nc(Nc3cccc4c3CCCC4)sc12. The Balaban J connectivity index is 1.73. The van der Waals surface area contributed by atoms with E-state index in [1.54, 1.807) is 11.3 Å². The molecule has 1 aromatic heterocycles. The van der Waals surface area contributed by atoms with Crippen LogP contribution in [-0.2, 0) is 12.8 Å². The fourth-order valence-corrected chi connectivity index (χ4v) is 4.15. The van der Waals surface area contributed by atoms with E-state index in [1.807, 2.05) is 18.2 Å². The van der Waals surface area contributed by atoms with Crippen molar-refractivity contribution >= 4 is 44.0 Å². The summed E-state index contributed by atoms with van der Waals surface area (Å²) in [5, 5.41) is 5.18. The van der Waals surface area contributed by atoms with Gasteiger partial charge in [-0.25, -0.2) is 4.98 Å². The average molecular weight is 315 g/mol. The maximum absolute atomic E-state index is 6.23. The zero-order chi connectivity index (χ0) is 14.2. The molecule has 0 bridgehead atoms. The fourth-order valence-electron chi connectivity index (χ4n) is 2.98. The van der Waals surface area contributed by atoms with Gasteiger partial charge < -0.3 is 5.32 Å². The summed E-state index contributed by atoms with van der Waals surface area (Å²) in [5.41, 5.74) is 5.08. The van der Waals surface area contributed by atoms with E-state index < -0.39 is 0 Å². The summed E-state index contributed by atoms with van der Waals surface area (Å²) in [6.07, 6.45) is 4.92. The van der Waals surface area contributed by atoms with E-state index in [-0.39, 0.29) is 0 Å². The summed E-state index contributed by atoms with van der Waals surface area (Å²) < 4.78 is 1.05. The molecule has 0 fully saturated rings. The van der Waals surface area contributed by atoms with Gasteiger partial charge in [0.1, 0.15) is 0 Å². The van der Waals surface area contributed by atoms with Crippen LogP contribution in [0.2, 0.25) is 5.02 Å². The number of aryl methyl sites for hydroxylation is 1. The highest BCUT2D eigenvalue weighted by molar-refractivity contribution is 7.22. The van der Waals surface area contributed by atoms with Gasteiger partial charge in [0, 0.05) is 5.69 Å². The number of halogens is 1. The first-order valence-corrected chi connectivity index (χ1v) is 8.43. The lowest BCUT2D eigenvalue weighted by Crippen LogP contribution is -2.05. The first-order chi connectivity index (χ1) is 10.3. The second-order valence-corrected chi connectivity index (χ2v) is 6.79. The zero-order valence-corrected chi connectivity index (χ0v) is 13.1. The van der Waals surface area contributed by atoms with Crippen LogP contribution in [-0.4, -0.2) is 4.98 Å². The van der Waals surface area contributed by atoms with Gasteiger partial charge in [0.25, 0.3) is 0 Å². The molecule has 21 heavy (non-hydrogen) atoms. The molecular formula is C17H15ClN2S. The summed E-state index contributed by atoms with van der Waals surface area (Å²) in [6.45, 7) is 0. The summed E-state index contributed by atoms with van der Waals surface area (Å²) in [6, 6.07) is 12.4. The van der Waals surface area contributed by atoms with Crippen molar-refractivity contribution < 1.29 is 0 Å². The normalized spacial score (nSPS) is 14.1. The van der Waals surface area contributed by atoms with Crippen molar-refractivity contribution in [2.45, 2.75) is 25.7 Å². The minimum absolute atomic E-state index is 0.771. The minimum atomic E-state index is 0.771. The highest BCUT2D eigenvalue weighted by Gasteiger charge is 2.14. The number of nitrogens with one attached hydrogen (secondary N) is 1. The Labute approximate surface area is 132 Å². The van der Waals surface area contributed by atoms with Crippen molar-refractivity contribution in [2.24, 2.45) is 0 Å². The molecule has 0 radical (unpaired) electrons. The summed E-state index contributed by atoms with van der Waals surface area (Å²) in [5.74, 6) is 0. The monoisotopic (exact) mass is 314 g/mol. The molecule has 0 saturated carbocycles. The Kier molecular flexibility index (Phi) is 3.32. The van der Waals surface area contributed by atoms with Crippen molar-refractivity contribution in [2.75, 3.05) is 5.32 Å². The van der Waals surface area contributed by atoms with Gasteiger partial charge in [-0.3, -0.25) is 0 Å². The van der Waals surface area contributed by atoms with Crippen LogP contribution in [0.5, 0.6) is 0 Å². The van der Waals surface area contributed by atoms with Crippen molar-refractivity contribution in [3.05, 3.63) is 52.5 Å². The molecule has 0 amide bonds. The summed E-state index contributed by atoms with van der Waals surface area (Å²) >= 11 is 7.85. The van der Waals surface area contributed by atoms with Crippen molar-refractivity contribution in [3.63, 3.8) is 0 Å². The molecule has 1 heterocycles. The van der Waals surface area contributed by atoms with Crippen LogP contribution in [0.4, 0.5) is 10.8 Å². The third kappa shape index (κ3) is 2.41. The molecular weight excluding hydrogens is 300 g/mol. The van der Waals surface area contributed by atoms with Crippen LogP contribution in [0.1, 0.15) is 24.0 Å². The average Bonchev–Trinajstić information content (AvgIpc) is 2.92. The van der Waals surface area contributed by atoms with Crippen molar-refractivity contribution in [1.29, 1.82) is 0 Å². The van der Waals surface area contributed by atoms with E-state index in [0.717, 1.165) is 26.8 Å². The third-order valence-electron chi connectivity index (χ3n) is 4.00. The van der Waals surface area contributed by atoms with Gasteiger partial charge in [0.2, 0.25) is 0 Å². The van der Waals surface area contributed by atoms with Crippen LogP contribution < -0.4 is 5.32 Å². The molecule has 106 valence electrons. The lowest BCUT2D eigenvalue weighted by atomic mass is 9.90. The first kappa shape index (κ1) is 13.1. The molecule has 4 heteroatoms. The molecule has 1 aliphatic rings. The molecule has 0 saturated heterocycles. The van der Waals surface area contributed by atoms with E-state index in [0.29, 0.717) is 0 Å². The fraction of sp³-hybridized carbons (Fsp3) is 0.235. The second kappa shape index (κ2) is 5.32. The Bertz CT molecular complexity index is 810. The molecule has 1 aliphatic carbocycles. The number of fused-ring (bicyclic) bond motifs is 2. The predicted molar refractivity (Wildman–Crippen MR) is 91.0 cm³/mol. The molecule has 2 aromatic carbocycles. The number of aromatic nitrogens is 1. The molecule has 4 rings (SSSR count). The van der Waals surface area contributed by atoms with Crippen LogP contribution in [0.3, 0.4) is 0 Å². The molecule has 3 aromatic rings. The Morgan fingerprint density at radius 3 is 2.81 bits per heavy atom. The largest absolute Gasteiger partial charge is 0.331 e. The molecule has 0 atom stereocenters. The lowest BCUT2D eigenvalue weighted by Gasteiger charge is -2.19. The lowest BCUT2D eigenvalue weighted by molar-refractivity contribution is 0.687. The Hall–Kier alpha value is -1.58. The summed E-state index contributed by atoms with van der Waals surface area (Å²) in [4.78, 5) is 4.64. The van der Waals surface area contributed by atoms with Crippen LogP contribution >= 0.6 is 22.9 Å². The maximum Gasteiger partial charge on any atom is 0.188 e. The van der Waals surface area contributed by atoms with E-state index in [4.69, 9.17) is 11.6 Å². The maximum atomic E-state index is 6.23. The third-order valence-corrected chi connectivity index (χ3v) is 5.45. The molecule has 1 N–H and O–H groups in total. The molecule has 0 unspecified atom stereocenters. The van der Waals surface area contributed by atoms with Gasteiger partial charge in [0.15, 0.2) is 5.13 Å². The highest BCUT2D eigenvalue weighted by Crippen LogP contribution is 2.35. The number of hydrogen-bond acceptors (Lipinski definition) is 3. The van der Waals surface area contributed by atoms with Gasteiger partial charge in [0.05, 0.1) is 15.2 Å². The van der Waals surface area contributed by atoms with Crippen LogP contribution in [0.15, 0.2) is 36.4 Å². The summed E-state index contributed by atoms with van der Waals surface area (Å²) in [7, 11) is 0. The molecule has 0 spiro atoms. The number of benzene rings is 2. The van der Waals surface area contributed by atoms with E-state index >= 15 is 0 Å². The van der Waals surface area contributed by atoms with Crippen LogP contribution in [0, 0.1) is 0 Å². The number of thiazole rings is 1. The quantitative estimate of drug-likeness (QED) is 0.668. The zero-order valence-electron chi connectivity index (χ0n) is 11.5. The van der Waals surface area contributed by atoms with Gasteiger partial charge in [-0.05, 0) is 55.0 Å². The molecule has 0 aliphatic heterocycles. The predicted octanol–water partition coefficient (Wildman–Crippen LogP) is 5.57. The van der Waals surface area contributed by atoms with Crippen LogP contribution in [0.25, 0.3) is 10.2 Å². The Morgan fingerprint density at radius 1 is 1.05 bits per heavy atom. The second-order valence-electron chi connectivity index (χ2n) is 5.38. The van der Waals surface area contributed by atoms with E-state index in [1.165, 1.54) is 36.1 Å². The topological polar surface area (TPSA) is 24.9 Å². The van der Waals surface area contributed by atoms with Crippen molar-refractivity contribution in [1.82, 2.24) is 4.98 Å². The minimum Gasteiger partial charge on any atom is -0.331 e. The van der Waals surface area contributed by atoms with Gasteiger partial charge >= 0.3 is 0 Å². The number of nitrogens with zero attached hydrogens (tertiary/aromatic N) is 1. The number of hydrogen-bond donors (Lipinski definition) is 1. The number of rotatable bonds is 2. The van der Waals surface area contributed by atoms with Gasteiger partial charge in [-0.1, -0.05) is 41.1 Å². The number of anilines is 2. The standard InChI is InChI=1S/C17H15ClN2S/c18-13-8-4-10-15-16(13)21-17(20-15)19-14-9-3-6-11-5-1-2-7-12(11)14/h3-4,6,8-10H,1-2,5,7H2,(H,19,20). The van der Waals surface area contributed by atoms with E-state index in [9.17, 15) is 0 Å². The smallest absolute Gasteiger partial charge is 0.188 e. The Morgan fingerprint density at radius 2 is 1.90 bits per heavy atom. The highest BCUT2D eigenvalue weighted by atomic mass is 35.5. The molecule has 2 nitrogen and oxygen atoms in total. The van der Waals surface area contributed by atoms with Gasteiger partial charge in [-0.2, -0.15) is 0 Å². The van der Waals surface area contributed by atoms with Gasteiger partial charge in [-0.15, -0.1) is 0 Å². The van der Waals surface area contributed by atoms with Crippen molar-refractivity contribution in [3.8, 4) is 0 Å². The van der Waals surface area contributed by atoms with E-state index in [2.05, 4.69) is 28.5 Å².